The Morgan fingerprint density at radius 3 is 2.54 bits per heavy atom. The number of amides is 2. The van der Waals surface area contributed by atoms with Crippen molar-refractivity contribution in [2.45, 2.75) is 20.4 Å². The fourth-order valence-electron chi connectivity index (χ4n) is 5.14. The SMILES string of the molecule is Cc1[nH]c(/C=C2\C(=O)Nc3ccc(Br)cc32)c(C)c1C(=O)NCCN1CCN(Cc2ccccc2)CC1. The lowest BCUT2D eigenvalue weighted by molar-refractivity contribution is -0.110. The van der Waals surface area contributed by atoms with E-state index in [1.807, 2.05) is 38.1 Å². The molecule has 1 fully saturated rings. The first-order valence-corrected chi connectivity index (χ1v) is 13.5. The van der Waals surface area contributed by atoms with Crippen LogP contribution in [0.15, 0.2) is 53.0 Å². The summed E-state index contributed by atoms with van der Waals surface area (Å²) in [6, 6.07) is 16.3. The van der Waals surface area contributed by atoms with Crippen LogP contribution in [0.2, 0.25) is 0 Å². The molecule has 3 aromatic rings. The van der Waals surface area contributed by atoms with Crippen molar-refractivity contribution in [3.63, 3.8) is 0 Å². The van der Waals surface area contributed by atoms with E-state index < -0.39 is 0 Å². The van der Waals surface area contributed by atoms with Crippen LogP contribution in [0.1, 0.15) is 38.4 Å². The molecule has 0 aliphatic carbocycles. The first kappa shape index (κ1) is 25.4. The van der Waals surface area contributed by atoms with Gasteiger partial charge in [-0.25, -0.2) is 0 Å². The Morgan fingerprint density at radius 2 is 1.78 bits per heavy atom. The first-order valence-electron chi connectivity index (χ1n) is 12.7. The molecule has 0 atom stereocenters. The molecule has 7 nitrogen and oxygen atoms in total. The number of H-pyrrole nitrogens is 1. The van der Waals surface area contributed by atoms with E-state index in [1.54, 1.807) is 0 Å². The van der Waals surface area contributed by atoms with Gasteiger partial charge in [0, 0.05) is 72.9 Å². The molecule has 0 saturated carbocycles. The van der Waals surface area contributed by atoms with Crippen molar-refractivity contribution in [3.05, 3.63) is 86.6 Å². The van der Waals surface area contributed by atoms with E-state index >= 15 is 0 Å². The van der Waals surface area contributed by atoms with E-state index in [1.165, 1.54) is 5.56 Å². The number of nitrogens with zero attached hydrogens (tertiary/aromatic N) is 2. The van der Waals surface area contributed by atoms with E-state index in [0.717, 1.165) is 71.9 Å². The van der Waals surface area contributed by atoms with Gasteiger partial charge in [-0.3, -0.25) is 19.4 Å². The fourth-order valence-corrected chi connectivity index (χ4v) is 5.50. The monoisotopic (exact) mass is 561 g/mol. The van der Waals surface area contributed by atoms with Gasteiger partial charge < -0.3 is 15.6 Å². The molecule has 1 saturated heterocycles. The van der Waals surface area contributed by atoms with Crippen LogP contribution in [-0.2, 0) is 11.3 Å². The van der Waals surface area contributed by atoms with Gasteiger partial charge in [-0.15, -0.1) is 0 Å². The van der Waals surface area contributed by atoms with Crippen molar-refractivity contribution >= 4 is 45.1 Å². The number of hydrogen-bond acceptors (Lipinski definition) is 4. The Kier molecular flexibility index (Phi) is 7.60. The molecule has 8 heteroatoms. The Hall–Kier alpha value is -3.20. The third-order valence-electron chi connectivity index (χ3n) is 7.18. The summed E-state index contributed by atoms with van der Waals surface area (Å²) in [4.78, 5) is 33.9. The fraction of sp³-hybridized carbons (Fsp3) is 0.310. The van der Waals surface area contributed by atoms with Crippen LogP contribution in [0.25, 0.3) is 11.6 Å². The second-order valence-corrected chi connectivity index (χ2v) is 10.6. The van der Waals surface area contributed by atoms with Gasteiger partial charge in [0.1, 0.15) is 0 Å². The number of aromatic nitrogens is 1. The Bertz CT molecular complexity index is 1340. The van der Waals surface area contributed by atoms with E-state index in [-0.39, 0.29) is 11.8 Å². The number of nitrogens with one attached hydrogen (secondary N) is 3. The topological polar surface area (TPSA) is 80.5 Å². The van der Waals surface area contributed by atoms with Crippen molar-refractivity contribution in [1.29, 1.82) is 0 Å². The van der Waals surface area contributed by atoms with Gasteiger partial charge in [0.15, 0.2) is 0 Å². The van der Waals surface area contributed by atoms with Gasteiger partial charge in [-0.1, -0.05) is 46.3 Å². The highest BCUT2D eigenvalue weighted by atomic mass is 79.9. The minimum absolute atomic E-state index is 0.0855. The lowest BCUT2D eigenvalue weighted by Gasteiger charge is -2.34. The van der Waals surface area contributed by atoms with Gasteiger partial charge in [0.25, 0.3) is 11.8 Å². The molecule has 3 N–H and O–H groups in total. The predicted octanol–water partition coefficient (Wildman–Crippen LogP) is 4.43. The number of fused-ring (bicyclic) bond motifs is 1. The summed E-state index contributed by atoms with van der Waals surface area (Å²) in [5.41, 5.74) is 6.63. The molecule has 0 bridgehead atoms. The molecule has 3 heterocycles. The molecule has 0 radical (unpaired) electrons. The summed E-state index contributed by atoms with van der Waals surface area (Å²) in [5, 5.41) is 6.00. The number of rotatable bonds is 7. The van der Waals surface area contributed by atoms with Gasteiger partial charge in [-0.05, 0) is 49.2 Å². The highest BCUT2D eigenvalue weighted by molar-refractivity contribution is 9.10. The molecular weight excluding hydrogens is 530 g/mol. The first-order chi connectivity index (χ1) is 17.9. The number of hydrogen-bond donors (Lipinski definition) is 3. The summed E-state index contributed by atoms with van der Waals surface area (Å²) < 4.78 is 0.908. The van der Waals surface area contributed by atoms with E-state index in [4.69, 9.17) is 0 Å². The predicted molar refractivity (Wildman–Crippen MR) is 151 cm³/mol. The quantitative estimate of drug-likeness (QED) is 0.373. The molecule has 2 aliphatic heterocycles. The van der Waals surface area contributed by atoms with Gasteiger partial charge in [0.2, 0.25) is 0 Å². The summed E-state index contributed by atoms with van der Waals surface area (Å²) >= 11 is 3.48. The highest BCUT2D eigenvalue weighted by Gasteiger charge is 2.26. The highest BCUT2D eigenvalue weighted by Crippen LogP contribution is 2.35. The second kappa shape index (κ2) is 11.0. The molecule has 2 aliphatic rings. The van der Waals surface area contributed by atoms with Gasteiger partial charge >= 0.3 is 0 Å². The summed E-state index contributed by atoms with van der Waals surface area (Å²) in [5.74, 6) is -0.229. The van der Waals surface area contributed by atoms with E-state index in [9.17, 15) is 9.59 Å². The van der Waals surface area contributed by atoms with Crippen molar-refractivity contribution in [1.82, 2.24) is 20.1 Å². The van der Waals surface area contributed by atoms with Crippen LogP contribution in [0.3, 0.4) is 0 Å². The maximum atomic E-state index is 13.1. The Labute approximate surface area is 226 Å². The number of benzene rings is 2. The van der Waals surface area contributed by atoms with Crippen LogP contribution >= 0.6 is 15.9 Å². The smallest absolute Gasteiger partial charge is 0.256 e. The normalized spacial score (nSPS) is 17.2. The molecular formula is C29H32BrN5O2. The number of aromatic amines is 1. The molecule has 192 valence electrons. The standard InChI is InChI=1S/C29H32BrN5O2/c1-19-26(17-24-23-16-22(30)8-9-25(23)33-28(24)36)32-20(2)27(19)29(37)31-10-11-34-12-14-35(15-13-34)18-21-6-4-3-5-7-21/h3-9,16-17,32H,10-15,18H2,1-2H3,(H,31,37)(H,33,36)/b24-17-. The van der Waals surface area contributed by atoms with Crippen LogP contribution in [0.4, 0.5) is 5.69 Å². The third kappa shape index (κ3) is 5.71. The molecule has 2 amide bonds. The van der Waals surface area contributed by atoms with E-state index in [2.05, 4.69) is 71.7 Å². The average molecular weight is 563 g/mol. The van der Waals surface area contributed by atoms with E-state index in [0.29, 0.717) is 17.7 Å². The van der Waals surface area contributed by atoms with Crippen molar-refractivity contribution in [3.8, 4) is 0 Å². The number of aryl methyl sites for hydroxylation is 1. The maximum Gasteiger partial charge on any atom is 0.256 e. The lowest BCUT2D eigenvalue weighted by Crippen LogP contribution is -2.48. The molecule has 1 aromatic heterocycles. The molecule has 5 rings (SSSR count). The van der Waals surface area contributed by atoms with Crippen LogP contribution in [0, 0.1) is 13.8 Å². The van der Waals surface area contributed by atoms with Crippen molar-refractivity contribution in [2.75, 3.05) is 44.6 Å². The lowest BCUT2D eigenvalue weighted by atomic mass is 10.0. The second-order valence-electron chi connectivity index (χ2n) is 9.73. The summed E-state index contributed by atoms with van der Waals surface area (Å²) in [7, 11) is 0. The largest absolute Gasteiger partial charge is 0.358 e. The van der Waals surface area contributed by atoms with Crippen molar-refractivity contribution in [2.24, 2.45) is 0 Å². The van der Waals surface area contributed by atoms with Crippen LogP contribution < -0.4 is 10.6 Å². The number of halogens is 1. The molecule has 2 aromatic carbocycles. The van der Waals surface area contributed by atoms with Crippen LogP contribution in [0.5, 0.6) is 0 Å². The number of carbonyl (C=O) groups is 2. The molecule has 0 spiro atoms. The average Bonchev–Trinajstić information content (AvgIpc) is 3.35. The zero-order chi connectivity index (χ0) is 25.9. The summed E-state index contributed by atoms with van der Waals surface area (Å²) in [6.45, 7) is 10.3. The zero-order valence-electron chi connectivity index (χ0n) is 21.2. The van der Waals surface area contributed by atoms with Crippen LogP contribution in [-0.4, -0.2) is 65.9 Å². The molecule has 0 unspecified atom stereocenters. The minimum Gasteiger partial charge on any atom is -0.358 e. The van der Waals surface area contributed by atoms with Gasteiger partial charge in [0.05, 0.1) is 11.1 Å². The van der Waals surface area contributed by atoms with Gasteiger partial charge in [-0.2, -0.15) is 0 Å². The maximum absolute atomic E-state index is 13.1. The molecule has 37 heavy (non-hydrogen) atoms. The van der Waals surface area contributed by atoms with Crippen molar-refractivity contribution < 1.29 is 9.59 Å². The zero-order valence-corrected chi connectivity index (χ0v) is 22.8. The number of piperazine rings is 1. The Morgan fingerprint density at radius 1 is 1.05 bits per heavy atom. The number of anilines is 1. The Balaban J connectivity index is 1.17. The number of carbonyl (C=O) groups excluding carboxylic acids is 2. The third-order valence-corrected chi connectivity index (χ3v) is 7.68. The summed E-state index contributed by atoms with van der Waals surface area (Å²) in [6.07, 6.45) is 1.83. The minimum atomic E-state index is -0.144.